The van der Waals surface area contributed by atoms with Crippen molar-refractivity contribution < 1.29 is 9.59 Å². The summed E-state index contributed by atoms with van der Waals surface area (Å²) in [6, 6.07) is 7.66. The third-order valence-corrected chi connectivity index (χ3v) is 5.02. The highest BCUT2D eigenvalue weighted by Gasteiger charge is 2.56. The molecule has 5 rings (SSSR count). The Balaban J connectivity index is 1.77. The number of nitrogens with zero attached hydrogens (tertiary/aromatic N) is 1. The molecule has 2 fully saturated rings. The molecule has 3 nitrogen and oxygen atoms in total. The Hall–Kier alpha value is -1.90. The molecule has 0 radical (unpaired) electrons. The summed E-state index contributed by atoms with van der Waals surface area (Å²) in [6.07, 6.45) is 6.40. The molecule has 0 N–H and O–H groups in total. The number of hydrogen-bond acceptors (Lipinski definition) is 2. The van der Waals surface area contributed by atoms with Crippen LogP contribution in [-0.2, 0) is 9.59 Å². The molecule has 1 saturated heterocycles. The smallest absolute Gasteiger partial charge is 0.238 e. The van der Waals surface area contributed by atoms with Gasteiger partial charge in [-0.15, -0.1) is 0 Å². The second-order valence-electron chi connectivity index (χ2n) is 6.19. The first-order valence-electron chi connectivity index (χ1n) is 7.29. The molecule has 3 aliphatic carbocycles. The lowest BCUT2D eigenvalue weighted by atomic mass is 9.63. The van der Waals surface area contributed by atoms with Gasteiger partial charge in [-0.25, -0.2) is 0 Å². The van der Waals surface area contributed by atoms with Crippen LogP contribution in [0.4, 0.5) is 5.69 Å². The molecule has 102 valence electrons. The van der Waals surface area contributed by atoms with Crippen molar-refractivity contribution in [2.45, 2.75) is 19.8 Å². The zero-order valence-corrected chi connectivity index (χ0v) is 11.5. The third kappa shape index (κ3) is 1.46. The lowest BCUT2D eigenvalue weighted by Gasteiger charge is -2.38. The molecular formula is C17H17NO2. The lowest BCUT2D eigenvalue weighted by molar-refractivity contribution is -0.124. The van der Waals surface area contributed by atoms with Gasteiger partial charge in [0.15, 0.2) is 0 Å². The first kappa shape index (κ1) is 11.9. The molecule has 2 bridgehead atoms. The summed E-state index contributed by atoms with van der Waals surface area (Å²) >= 11 is 0. The Kier molecular flexibility index (Phi) is 2.40. The average Bonchev–Trinajstić information content (AvgIpc) is 2.74. The van der Waals surface area contributed by atoms with E-state index in [0.29, 0.717) is 0 Å². The Bertz CT molecular complexity index is 602. The third-order valence-electron chi connectivity index (χ3n) is 5.02. The normalized spacial score (nSPS) is 34.8. The molecule has 1 aromatic rings. The van der Waals surface area contributed by atoms with Crippen molar-refractivity contribution in [2.75, 3.05) is 4.90 Å². The van der Waals surface area contributed by atoms with Crippen molar-refractivity contribution in [3.8, 4) is 0 Å². The van der Waals surface area contributed by atoms with Crippen molar-refractivity contribution in [1.29, 1.82) is 0 Å². The van der Waals surface area contributed by atoms with E-state index in [0.717, 1.165) is 24.1 Å². The van der Waals surface area contributed by atoms with E-state index in [1.54, 1.807) is 0 Å². The van der Waals surface area contributed by atoms with Crippen LogP contribution >= 0.6 is 0 Å². The fourth-order valence-corrected chi connectivity index (χ4v) is 4.10. The molecule has 20 heavy (non-hydrogen) atoms. The highest BCUT2D eigenvalue weighted by Crippen LogP contribution is 2.50. The summed E-state index contributed by atoms with van der Waals surface area (Å²) in [5.41, 5.74) is 1.80. The Morgan fingerprint density at radius 3 is 2.10 bits per heavy atom. The minimum absolute atomic E-state index is 0.00431. The highest BCUT2D eigenvalue weighted by molar-refractivity contribution is 6.22. The van der Waals surface area contributed by atoms with Crippen LogP contribution in [0.5, 0.6) is 0 Å². The minimum Gasteiger partial charge on any atom is -0.274 e. The van der Waals surface area contributed by atoms with Crippen molar-refractivity contribution in [1.82, 2.24) is 0 Å². The van der Waals surface area contributed by atoms with E-state index < -0.39 is 0 Å². The molecule has 4 atom stereocenters. The number of carbonyl (C=O) groups is 2. The summed E-state index contributed by atoms with van der Waals surface area (Å²) in [7, 11) is 0. The molecule has 0 aromatic heterocycles. The van der Waals surface area contributed by atoms with Crippen LogP contribution in [0.1, 0.15) is 18.4 Å². The van der Waals surface area contributed by atoms with E-state index in [-0.39, 0.29) is 35.5 Å². The van der Waals surface area contributed by atoms with Crippen LogP contribution in [0.15, 0.2) is 36.4 Å². The van der Waals surface area contributed by atoms with Gasteiger partial charge in [0.25, 0.3) is 0 Å². The average molecular weight is 267 g/mol. The topological polar surface area (TPSA) is 37.4 Å². The van der Waals surface area contributed by atoms with Crippen LogP contribution in [0.2, 0.25) is 0 Å². The van der Waals surface area contributed by atoms with E-state index in [1.165, 1.54) is 4.90 Å². The number of anilines is 1. The Morgan fingerprint density at radius 1 is 1.00 bits per heavy atom. The van der Waals surface area contributed by atoms with Gasteiger partial charge < -0.3 is 0 Å². The lowest BCUT2D eigenvalue weighted by Crippen LogP contribution is -2.38. The summed E-state index contributed by atoms with van der Waals surface area (Å²) < 4.78 is 0. The van der Waals surface area contributed by atoms with Gasteiger partial charge in [0.2, 0.25) is 11.8 Å². The molecule has 4 aliphatic rings. The number of benzene rings is 1. The zero-order valence-electron chi connectivity index (χ0n) is 11.5. The van der Waals surface area contributed by atoms with E-state index in [2.05, 4.69) is 12.2 Å². The summed E-state index contributed by atoms with van der Waals surface area (Å²) in [5, 5.41) is 0. The number of carbonyl (C=O) groups excluding carboxylic acids is 2. The molecule has 1 aromatic carbocycles. The fraction of sp³-hybridized carbons (Fsp3) is 0.412. The van der Waals surface area contributed by atoms with Gasteiger partial charge in [-0.2, -0.15) is 0 Å². The second-order valence-corrected chi connectivity index (χ2v) is 6.19. The Labute approximate surface area is 118 Å². The molecule has 1 aliphatic heterocycles. The van der Waals surface area contributed by atoms with E-state index >= 15 is 0 Å². The van der Waals surface area contributed by atoms with E-state index in [4.69, 9.17) is 0 Å². The van der Waals surface area contributed by atoms with Gasteiger partial charge in [0.1, 0.15) is 0 Å². The summed E-state index contributed by atoms with van der Waals surface area (Å²) in [5.74, 6) is 0.292. The number of aryl methyl sites for hydroxylation is 1. The zero-order chi connectivity index (χ0) is 13.9. The number of fused-ring (bicyclic) bond motifs is 1. The largest absolute Gasteiger partial charge is 0.274 e. The number of hydrogen-bond donors (Lipinski definition) is 0. The number of allylic oxidation sites excluding steroid dienone is 2. The van der Waals surface area contributed by atoms with Crippen LogP contribution in [0, 0.1) is 30.6 Å². The molecule has 3 heteroatoms. The monoisotopic (exact) mass is 267 g/mol. The maximum atomic E-state index is 12.7. The molecule has 2 amide bonds. The molecule has 0 spiro atoms. The van der Waals surface area contributed by atoms with Gasteiger partial charge in [-0.1, -0.05) is 24.3 Å². The predicted molar refractivity (Wildman–Crippen MR) is 76.0 cm³/mol. The SMILES string of the molecule is Cc1cccc(N2C(=O)[C@@H]3[C@@H](C2=O)[C@H]2C=C[C@H]3CC2)c1. The van der Waals surface area contributed by atoms with Crippen LogP contribution in [0.3, 0.4) is 0 Å². The van der Waals surface area contributed by atoms with Crippen molar-refractivity contribution in [3.05, 3.63) is 42.0 Å². The predicted octanol–water partition coefficient (Wildman–Crippen LogP) is 2.70. The maximum absolute atomic E-state index is 12.7. The van der Waals surface area contributed by atoms with Crippen LogP contribution in [0.25, 0.3) is 0 Å². The molecule has 1 heterocycles. The van der Waals surface area contributed by atoms with Crippen molar-refractivity contribution in [3.63, 3.8) is 0 Å². The van der Waals surface area contributed by atoms with Gasteiger partial charge >= 0.3 is 0 Å². The van der Waals surface area contributed by atoms with E-state index in [9.17, 15) is 9.59 Å². The fourth-order valence-electron chi connectivity index (χ4n) is 4.10. The minimum atomic E-state index is -0.119. The van der Waals surface area contributed by atoms with Gasteiger partial charge in [0, 0.05) is 0 Å². The highest BCUT2D eigenvalue weighted by atomic mass is 16.2. The van der Waals surface area contributed by atoms with Gasteiger partial charge in [-0.05, 0) is 49.3 Å². The van der Waals surface area contributed by atoms with Crippen LogP contribution in [-0.4, -0.2) is 11.8 Å². The second kappa shape index (κ2) is 4.05. The van der Waals surface area contributed by atoms with Crippen molar-refractivity contribution in [2.24, 2.45) is 23.7 Å². The molecule has 0 unspecified atom stereocenters. The number of amides is 2. The maximum Gasteiger partial charge on any atom is 0.238 e. The summed E-state index contributed by atoms with van der Waals surface area (Å²) in [4.78, 5) is 26.9. The number of imide groups is 1. The van der Waals surface area contributed by atoms with Crippen molar-refractivity contribution >= 4 is 17.5 Å². The quantitative estimate of drug-likeness (QED) is 0.579. The van der Waals surface area contributed by atoms with Gasteiger partial charge in [0.05, 0.1) is 17.5 Å². The van der Waals surface area contributed by atoms with E-state index in [1.807, 2.05) is 31.2 Å². The standard InChI is InChI=1S/C17H17NO2/c1-10-3-2-4-13(9-10)18-16(19)14-11-5-6-12(8-7-11)15(14)17(18)20/h2-6,9,11-12,14-15H,7-8H2,1H3/t11-,12-,14-,15-/m0/s1. The van der Waals surface area contributed by atoms with Crippen LogP contribution < -0.4 is 4.90 Å². The number of rotatable bonds is 1. The first-order valence-corrected chi connectivity index (χ1v) is 7.29. The Morgan fingerprint density at radius 2 is 1.60 bits per heavy atom. The van der Waals surface area contributed by atoms with Gasteiger partial charge in [-0.3, -0.25) is 14.5 Å². The summed E-state index contributed by atoms with van der Waals surface area (Å²) in [6.45, 7) is 1.98. The first-order chi connectivity index (χ1) is 9.66. The molecule has 1 saturated carbocycles. The molecular weight excluding hydrogens is 250 g/mol.